The van der Waals surface area contributed by atoms with E-state index in [0.29, 0.717) is 41.0 Å². The number of pyridine rings is 2. The average molecular weight is 490 g/mol. The Morgan fingerprint density at radius 1 is 0.865 bits per heavy atom. The minimum atomic E-state index is -0.189. The van der Waals surface area contributed by atoms with Crippen LogP contribution >= 0.6 is 0 Å². The lowest BCUT2D eigenvalue weighted by atomic mass is 10.1. The van der Waals surface area contributed by atoms with Gasteiger partial charge in [-0.05, 0) is 55.2 Å². The van der Waals surface area contributed by atoms with Gasteiger partial charge in [-0.2, -0.15) is 0 Å². The number of aromatic nitrogens is 4. The predicted molar refractivity (Wildman–Crippen MR) is 146 cm³/mol. The number of hydrogen-bond donors (Lipinski definition) is 1. The highest BCUT2D eigenvalue weighted by Crippen LogP contribution is 2.30. The van der Waals surface area contributed by atoms with Gasteiger partial charge in [0.1, 0.15) is 17.4 Å². The Labute approximate surface area is 214 Å². The first-order valence-electron chi connectivity index (χ1n) is 12.6. The summed E-state index contributed by atoms with van der Waals surface area (Å²) in [5, 5.41) is 11.1. The summed E-state index contributed by atoms with van der Waals surface area (Å²) in [5.41, 5.74) is 3.32. The molecular formula is C30H27N5O2. The molecular weight excluding hydrogens is 462 g/mol. The number of phenols is 1. The summed E-state index contributed by atoms with van der Waals surface area (Å²) in [6.45, 7) is 2.45. The molecule has 2 aromatic carbocycles. The maximum atomic E-state index is 14.1. The molecule has 4 heterocycles. The number of fused-ring (bicyclic) bond motifs is 1. The lowest BCUT2D eigenvalue weighted by Crippen LogP contribution is -2.25. The van der Waals surface area contributed by atoms with Gasteiger partial charge in [-0.25, -0.2) is 9.97 Å². The molecule has 5 aromatic rings. The zero-order valence-electron chi connectivity index (χ0n) is 20.4. The number of aromatic hydroxyl groups is 1. The quantitative estimate of drug-likeness (QED) is 0.359. The molecule has 1 fully saturated rings. The largest absolute Gasteiger partial charge is 0.507 e. The number of para-hydroxylation sites is 1. The van der Waals surface area contributed by atoms with E-state index in [1.807, 2.05) is 48.5 Å². The topological polar surface area (TPSA) is 84.1 Å². The first-order valence-corrected chi connectivity index (χ1v) is 12.6. The Morgan fingerprint density at radius 2 is 1.65 bits per heavy atom. The fraction of sp³-hybridized carbons (Fsp3) is 0.200. The first kappa shape index (κ1) is 22.9. The van der Waals surface area contributed by atoms with Crippen LogP contribution in [0.15, 0.2) is 90.0 Å². The molecule has 0 bridgehead atoms. The van der Waals surface area contributed by atoms with Crippen LogP contribution in [0.2, 0.25) is 0 Å². The van der Waals surface area contributed by atoms with Crippen molar-refractivity contribution in [3.63, 3.8) is 0 Å². The van der Waals surface area contributed by atoms with Gasteiger partial charge in [0.25, 0.3) is 5.56 Å². The maximum Gasteiger partial charge on any atom is 0.263 e. The van der Waals surface area contributed by atoms with E-state index in [9.17, 15) is 9.90 Å². The number of anilines is 1. The molecule has 1 aliphatic rings. The second kappa shape index (κ2) is 9.85. The van der Waals surface area contributed by atoms with Crippen LogP contribution in [0.4, 0.5) is 5.82 Å². The third kappa shape index (κ3) is 4.44. The van der Waals surface area contributed by atoms with Crippen LogP contribution < -0.4 is 10.5 Å². The first-order chi connectivity index (χ1) is 18.2. The van der Waals surface area contributed by atoms with E-state index in [0.717, 1.165) is 30.0 Å². The van der Waals surface area contributed by atoms with E-state index >= 15 is 0 Å². The van der Waals surface area contributed by atoms with Crippen molar-refractivity contribution in [3.8, 4) is 28.4 Å². The maximum absolute atomic E-state index is 14.1. The second-order valence-corrected chi connectivity index (χ2v) is 9.30. The van der Waals surface area contributed by atoms with Gasteiger partial charge in [-0.15, -0.1) is 0 Å². The average Bonchev–Trinajstić information content (AvgIpc) is 3.48. The lowest BCUT2D eigenvalue weighted by molar-refractivity contribution is 0.476. The molecule has 0 saturated carbocycles. The van der Waals surface area contributed by atoms with Gasteiger partial charge in [0.05, 0.1) is 22.2 Å². The predicted octanol–water partition coefficient (Wildman–Crippen LogP) is 5.07. The fourth-order valence-corrected chi connectivity index (χ4v) is 5.00. The molecule has 0 radical (unpaired) electrons. The van der Waals surface area contributed by atoms with Crippen LogP contribution in [-0.2, 0) is 13.0 Å². The van der Waals surface area contributed by atoms with Crippen molar-refractivity contribution < 1.29 is 5.11 Å². The third-order valence-corrected chi connectivity index (χ3v) is 6.93. The molecule has 0 aliphatic carbocycles. The standard InChI is InChI=1S/C30H27N5O2/c36-25-11-5-4-10-23(25)29-33-24-14-16-31-28(22-12-13-26(32-20-22)34-17-6-7-18-34)27(24)30(37)35(29)19-15-21-8-2-1-3-9-21/h1-5,8-14,16,20,36H,6-7,15,17-19H2. The molecule has 1 N–H and O–H groups in total. The van der Waals surface area contributed by atoms with E-state index in [2.05, 4.69) is 14.9 Å². The molecule has 7 nitrogen and oxygen atoms in total. The summed E-state index contributed by atoms with van der Waals surface area (Å²) >= 11 is 0. The van der Waals surface area contributed by atoms with Crippen LogP contribution in [0.5, 0.6) is 5.75 Å². The molecule has 0 amide bonds. The van der Waals surface area contributed by atoms with Gasteiger partial charge in [-0.1, -0.05) is 42.5 Å². The number of rotatable bonds is 6. The lowest BCUT2D eigenvalue weighted by Gasteiger charge is -2.17. The van der Waals surface area contributed by atoms with Crippen molar-refractivity contribution >= 4 is 16.7 Å². The highest BCUT2D eigenvalue weighted by molar-refractivity contribution is 5.92. The van der Waals surface area contributed by atoms with Crippen LogP contribution in [0.1, 0.15) is 18.4 Å². The van der Waals surface area contributed by atoms with E-state index in [1.54, 1.807) is 41.2 Å². The van der Waals surface area contributed by atoms with Crippen LogP contribution in [0.25, 0.3) is 33.5 Å². The zero-order chi connectivity index (χ0) is 25.2. The molecule has 37 heavy (non-hydrogen) atoms. The van der Waals surface area contributed by atoms with Crippen LogP contribution in [-0.4, -0.2) is 37.7 Å². The number of phenolic OH excluding ortho intramolecular Hbond substituents is 1. The van der Waals surface area contributed by atoms with Crippen molar-refractivity contribution in [3.05, 3.63) is 101 Å². The van der Waals surface area contributed by atoms with Gasteiger partial charge < -0.3 is 10.0 Å². The van der Waals surface area contributed by atoms with E-state index in [1.165, 1.54) is 12.8 Å². The fourth-order valence-electron chi connectivity index (χ4n) is 5.00. The van der Waals surface area contributed by atoms with E-state index in [4.69, 9.17) is 4.98 Å². The van der Waals surface area contributed by atoms with Gasteiger partial charge in [0.2, 0.25) is 0 Å². The minimum Gasteiger partial charge on any atom is -0.507 e. The monoisotopic (exact) mass is 489 g/mol. The van der Waals surface area contributed by atoms with Gasteiger partial charge in [0, 0.05) is 37.6 Å². The Morgan fingerprint density at radius 3 is 2.41 bits per heavy atom. The highest BCUT2D eigenvalue weighted by atomic mass is 16.3. The molecule has 0 unspecified atom stereocenters. The SMILES string of the molecule is O=c1c2c(-c3ccc(N4CCCC4)nc3)nccc2nc(-c2ccccc2O)n1CCc1ccccc1. The molecule has 0 spiro atoms. The number of hydrogen-bond acceptors (Lipinski definition) is 6. The van der Waals surface area contributed by atoms with E-state index < -0.39 is 0 Å². The Bertz CT molecular complexity index is 1610. The number of benzene rings is 2. The molecule has 1 aliphatic heterocycles. The number of aryl methyl sites for hydroxylation is 1. The Kier molecular flexibility index (Phi) is 6.10. The van der Waals surface area contributed by atoms with Gasteiger partial charge in [0.15, 0.2) is 0 Å². The van der Waals surface area contributed by atoms with E-state index in [-0.39, 0.29) is 11.3 Å². The van der Waals surface area contributed by atoms with Crippen molar-refractivity contribution in [2.45, 2.75) is 25.8 Å². The normalized spacial score (nSPS) is 13.4. The summed E-state index contributed by atoms with van der Waals surface area (Å²) in [4.78, 5) is 30.5. The second-order valence-electron chi connectivity index (χ2n) is 9.30. The third-order valence-electron chi connectivity index (χ3n) is 6.93. The summed E-state index contributed by atoms with van der Waals surface area (Å²) in [7, 11) is 0. The van der Waals surface area contributed by atoms with Gasteiger partial charge in [-0.3, -0.25) is 14.3 Å². The molecule has 6 rings (SSSR count). The molecule has 0 atom stereocenters. The Balaban J connectivity index is 1.49. The van der Waals surface area contributed by atoms with Crippen molar-refractivity contribution in [1.82, 2.24) is 19.5 Å². The van der Waals surface area contributed by atoms with Crippen LogP contribution in [0.3, 0.4) is 0 Å². The highest BCUT2D eigenvalue weighted by Gasteiger charge is 2.20. The molecule has 3 aromatic heterocycles. The van der Waals surface area contributed by atoms with Crippen molar-refractivity contribution in [1.29, 1.82) is 0 Å². The summed E-state index contributed by atoms with van der Waals surface area (Å²) in [5.74, 6) is 1.46. The zero-order valence-corrected chi connectivity index (χ0v) is 20.4. The summed E-state index contributed by atoms with van der Waals surface area (Å²) in [6.07, 6.45) is 6.47. The molecule has 7 heteroatoms. The molecule has 184 valence electrons. The smallest absolute Gasteiger partial charge is 0.263 e. The summed E-state index contributed by atoms with van der Waals surface area (Å²) < 4.78 is 1.65. The summed E-state index contributed by atoms with van der Waals surface area (Å²) in [6, 6.07) is 22.7. The van der Waals surface area contributed by atoms with Crippen molar-refractivity contribution in [2.75, 3.05) is 18.0 Å². The van der Waals surface area contributed by atoms with Crippen LogP contribution in [0, 0.1) is 0 Å². The molecule has 1 saturated heterocycles. The minimum absolute atomic E-state index is 0.0817. The van der Waals surface area contributed by atoms with Gasteiger partial charge >= 0.3 is 0 Å². The Hall–Kier alpha value is -4.52. The van der Waals surface area contributed by atoms with Crippen molar-refractivity contribution in [2.24, 2.45) is 0 Å². The number of nitrogens with zero attached hydrogens (tertiary/aromatic N) is 5.